The van der Waals surface area contributed by atoms with E-state index >= 15 is 0 Å². The molecule has 0 aliphatic rings. The minimum Gasteiger partial charge on any atom is -0.309 e. The van der Waals surface area contributed by atoms with Crippen molar-refractivity contribution in [2.75, 3.05) is 0 Å². The monoisotopic (exact) mass is 1430 g/mol. The molecule has 10 heteroatoms. The number of hydrogen-bond donors (Lipinski definition) is 0. The summed E-state index contributed by atoms with van der Waals surface area (Å²) in [6.45, 7) is 0. The topological polar surface area (TPSA) is 97.1 Å². The van der Waals surface area contributed by atoms with Crippen LogP contribution in [0.25, 0.3) is 211 Å². The van der Waals surface area contributed by atoms with E-state index < -0.39 is 0 Å². The summed E-state index contributed by atoms with van der Waals surface area (Å²) >= 11 is 0. The molecular weight excluding hydrogens is 1370 g/mol. The Labute approximate surface area is 643 Å². The zero-order valence-electron chi connectivity index (χ0n) is 60.4. The van der Waals surface area contributed by atoms with Crippen molar-refractivity contribution in [3.05, 3.63) is 388 Å². The molecule has 0 fully saturated rings. The summed E-state index contributed by atoms with van der Waals surface area (Å²) in [5.41, 5.74) is 19.6. The quantitative estimate of drug-likeness (QED) is 0.127. The molecule has 112 heavy (non-hydrogen) atoms. The molecule has 0 aliphatic carbocycles. The van der Waals surface area contributed by atoms with Crippen LogP contribution < -0.4 is 0 Å². The van der Waals surface area contributed by atoms with Crippen molar-refractivity contribution < 1.29 is 0 Å². The van der Waals surface area contributed by atoms with Gasteiger partial charge in [0.25, 0.3) is 0 Å². The van der Waals surface area contributed by atoms with Crippen molar-refractivity contribution in [3.8, 4) is 91.1 Å². The van der Waals surface area contributed by atoms with Crippen LogP contribution in [-0.4, -0.2) is 48.2 Å². The van der Waals surface area contributed by atoms with E-state index in [-0.39, 0.29) is 0 Å². The third-order valence-electron chi connectivity index (χ3n) is 22.1. The van der Waals surface area contributed by atoms with E-state index in [1.165, 1.54) is 81.5 Å². The van der Waals surface area contributed by atoms with Gasteiger partial charge in [-0.3, -0.25) is 9.13 Å². The molecule has 0 unspecified atom stereocenters. The smallest absolute Gasteiger partial charge is 0.238 e. The first-order valence-corrected chi connectivity index (χ1v) is 37.8. The van der Waals surface area contributed by atoms with Gasteiger partial charge in [0.15, 0.2) is 23.3 Å². The van der Waals surface area contributed by atoms with Gasteiger partial charge in [-0.15, -0.1) is 0 Å². The Hall–Kier alpha value is -15.3. The predicted molar refractivity (Wildman–Crippen MR) is 462 cm³/mol. The van der Waals surface area contributed by atoms with E-state index in [2.05, 4.69) is 285 Å². The lowest BCUT2D eigenvalue weighted by atomic mass is 10.0. The van der Waals surface area contributed by atoms with Crippen LogP contribution in [0.5, 0.6) is 0 Å². The van der Waals surface area contributed by atoms with E-state index in [0.717, 1.165) is 93.9 Å². The molecule has 0 bridgehead atoms. The lowest BCUT2D eigenvalue weighted by molar-refractivity contribution is 0.953. The third-order valence-corrected chi connectivity index (χ3v) is 22.1. The highest BCUT2D eigenvalue weighted by Crippen LogP contribution is 2.43. The molecule has 0 saturated heterocycles. The number of benzene rings is 17. The highest BCUT2D eigenvalue weighted by Gasteiger charge is 2.23. The normalized spacial score (nSPS) is 11.8. The summed E-state index contributed by atoms with van der Waals surface area (Å²) in [7, 11) is 0. The Morgan fingerprint density at radius 3 is 0.804 bits per heavy atom. The molecule has 0 spiro atoms. The maximum atomic E-state index is 5.11. The van der Waals surface area contributed by atoms with Gasteiger partial charge in [0.2, 0.25) is 11.9 Å². The predicted octanol–water partition coefficient (Wildman–Crippen LogP) is 25.6. The van der Waals surface area contributed by atoms with Crippen LogP contribution in [0.15, 0.2) is 388 Å². The summed E-state index contributed by atoms with van der Waals surface area (Å²) < 4.78 is 9.15. The third kappa shape index (κ3) is 10.8. The van der Waals surface area contributed by atoms with Crippen LogP contribution in [0.3, 0.4) is 0 Å². The van der Waals surface area contributed by atoms with Crippen molar-refractivity contribution in [1.82, 2.24) is 48.2 Å². The van der Waals surface area contributed by atoms with Gasteiger partial charge in [0.05, 0.1) is 44.1 Å². The van der Waals surface area contributed by atoms with Gasteiger partial charge in [-0.05, 0) is 152 Å². The molecule has 10 nitrogen and oxygen atoms in total. The summed E-state index contributed by atoms with van der Waals surface area (Å²) in [5.74, 6) is 3.72. The Balaban J connectivity index is 0.000000138. The molecule has 23 rings (SSSR count). The summed E-state index contributed by atoms with van der Waals surface area (Å²) in [6.07, 6.45) is 0. The van der Waals surface area contributed by atoms with Crippen molar-refractivity contribution in [3.63, 3.8) is 0 Å². The molecular formula is C102H64N10. The Bertz CT molecular complexity index is 7570. The van der Waals surface area contributed by atoms with Crippen LogP contribution in [0.2, 0.25) is 0 Å². The van der Waals surface area contributed by atoms with Crippen molar-refractivity contribution in [2.24, 2.45) is 0 Å². The second-order valence-electron chi connectivity index (χ2n) is 28.6. The van der Waals surface area contributed by atoms with Gasteiger partial charge in [-0.2, -0.15) is 19.9 Å². The number of hydrogen-bond acceptors (Lipinski definition) is 6. The molecule has 0 saturated carbocycles. The van der Waals surface area contributed by atoms with E-state index in [1.54, 1.807) is 0 Å². The van der Waals surface area contributed by atoms with Gasteiger partial charge in [0.1, 0.15) is 0 Å². The van der Waals surface area contributed by atoms with Gasteiger partial charge in [-0.25, -0.2) is 9.97 Å². The van der Waals surface area contributed by atoms with Gasteiger partial charge < -0.3 is 9.13 Å². The molecule has 0 N–H and O–H groups in total. The number of para-hydroxylation sites is 4. The average Bonchev–Trinajstić information content (AvgIpc) is 1.59. The number of rotatable bonds is 10. The molecule has 6 aromatic heterocycles. The largest absolute Gasteiger partial charge is 0.309 e. The van der Waals surface area contributed by atoms with Gasteiger partial charge in [0, 0.05) is 76.7 Å². The van der Waals surface area contributed by atoms with Crippen LogP contribution in [0.4, 0.5) is 0 Å². The number of fused-ring (bicyclic) bond motifs is 16. The molecule has 17 aromatic carbocycles. The molecule has 0 amide bonds. The Morgan fingerprint density at radius 1 is 0.143 bits per heavy atom. The van der Waals surface area contributed by atoms with Crippen LogP contribution in [-0.2, 0) is 0 Å². The molecule has 522 valence electrons. The second kappa shape index (κ2) is 26.3. The van der Waals surface area contributed by atoms with E-state index in [9.17, 15) is 0 Å². The fourth-order valence-corrected chi connectivity index (χ4v) is 16.8. The first-order valence-electron chi connectivity index (χ1n) is 37.8. The van der Waals surface area contributed by atoms with Crippen LogP contribution in [0.1, 0.15) is 0 Å². The molecule has 23 aromatic rings. The number of aromatic nitrogens is 10. The molecule has 6 heterocycles. The van der Waals surface area contributed by atoms with Gasteiger partial charge >= 0.3 is 0 Å². The first-order chi connectivity index (χ1) is 55.5. The summed E-state index contributed by atoms with van der Waals surface area (Å²) in [5, 5.41) is 17.0. The van der Waals surface area contributed by atoms with E-state index in [4.69, 9.17) is 29.9 Å². The van der Waals surface area contributed by atoms with Crippen LogP contribution in [0, 0.1) is 0 Å². The maximum absolute atomic E-state index is 5.11. The molecule has 0 atom stereocenters. The average molecular weight is 1430 g/mol. The van der Waals surface area contributed by atoms with Gasteiger partial charge in [-0.1, -0.05) is 291 Å². The lowest BCUT2D eigenvalue weighted by Gasteiger charge is -2.11. The number of nitrogens with zero attached hydrogens (tertiary/aromatic N) is 10. The summed E-state index contributed by atoms with van der Waals surface area (Å²) in [6, 6.07) is 138. The highest BCUT2D eigenvalue weighted by atomic mass is 15.2. The lowest BCUT2D eigenvalue weighted by Crippen LogP contribution is -2.06. The zero-order valence-corrected chi connectivity index (χ0v) is 60.4. The molecule has 0 radical (unpaired) electrons. The fraction of sp³-hybridized carbons (Fsp3) is 0. The Kier molecular flexibility index (Phi) is 15.0. The standard InChI is InChI=1S/C53H33N5.C49H31N5/c1-3-14-35(15-4-1)51-54-52(36-16-5-2-6-17-36)56-53(55-51)58-48-22-12-10-20-44(48)46-33-38(26-30-50(46)58)37-25-29-49-45(32-37)43-19-9-11-21-47(43)57(49)40-27-28-42-39(31-40)24-23-34-13-7-8-18-41(34)42;1-3-14-33(15-4-1)47-50-48(34-16-5-2-6-17-34)52-49(51-47)54-44-22-12-10-20-40(44)42-31-37(25-28-46(42)54)36-24-27-45-41(30-36)39-19-9-11-21-43(39)53(45)38-26-23-32-13-7-8-18-35(32)29-38/h1-33H;1-31H. The minimum absolute atomic E-state index is 0.586. The summed E-state index contributed by atoms with van der Waals surface area (Å²) in [4.78, 5) is 30.3. The maximum Gasteiger partial charge on any atom is 0.238 e. The van der Waals surface area contributed by atoms with Crippen molar-refractivity contribution in [2.45, 2.75) is 0 Å². The first kappa shape index (κ1) is 64.0. The second-order valence-corrected chi connectivity index (χ2v) is 28.6. The SMILES string of the molecule is c1ccc(-c2nc(-c3ccccc3)nc(-n3c4ccccc4c4cc(-c5ccc6c(c5)c5ccccc5n6-c5ccc6c(ccc7ccccc76)c5)ccc43)n2)cc1.c1ccc(-c2nc(-c3ccccc3)nc(-n3c4ccccc4c4cc(-c5ccc6c(c5)c5ccccc5n6-c5ccc6ccccc6c5)ccc43)n2)cc1. The van der Waals surface area contributed by atoms with Crippen molar-refractivity contribution >= 4 is 120 Å². The molecule has 0 aliphatic heterocycles. The fourth-order valence-electron chi connectivity index (χ4n) is 16.8. The highest BCUT2D eigenvalue weighted by molar-refractivity contribution is 6.16. The van der Waals surface area contributed by atoms with E-state index in [0.29, 0.717) is 35.2 Å². The Morgan fingerprint density at radius 2 is 0.411 bits per heavy atom. The zero-order chi connectivity index (χ0) is 73.7. The van der Waals surface area contributed by atoms with Crippen LogP contribution >= 0.6 is 0 Å². The van der Waals surface area contributed by atoms with E-state index in [1.807, 2.05) is 121 Å². The minimum atomic E-state index is 0.586. The van der Waals surface area contributed by atoms with Crippen molar-refractivity contribution in [1.29, 1.82) is 0 Å².